The number of non-ortho nitro benzene ring substituents is 1. The molecule has 2 aromatic carbocycles. The number of hydrogen-bond acceptors (Lipinski definition) is 6. The first kappa shape index (κ1) is 23.6. The molecule has 2 amide bonds. The van der Waals surface area contributed by atoms with E-state index in [1.54, 1.807) is 0 Å². The first-order chi connectivity index (χ1) is 15.5. The molecule has 0 radical (unpaired) electrons. The lowest BCUT2D eigenvalue weighted by Gasteiger charge is -2.19. The lowest BCUT2D eigenvalue weighted by Crippen LogP contribution is -2.23. The maximum Gasteiger partial charge on any atom is 0.416 e. The van der Waals surface area contributed by atoms with E-state index in [1.807, 2.05) is 0 Å². The van der Waals surface area contributed by atoms with Crippen LogP contribution >= 0.6 is 11.3 Å². The van der Waals surface area contributed by atoms with Crippen LogP contribution in [0.2, 0.25) is 0 Å². The number of alkyl halides is 3. The van der Waals surface area contributed by atoms with Gasteiger partial charge in [-0.05, 0) is 36.4 Å². The van der Waals surface area contributed by atoms with Crippen LogP contribution in [0.3, 0.4) is 0 Å². The smallest absolute Gasteiger partial charge is 0.323 e. The van der Waals surface area contributed by atoms with Crippen molar-refractivity contribution in [2.45, 2.75) is 13.1 Å². The Morgan fingerprint density at radius 1 is 1.18 bits per heavy atom. The van der Waals surface area contributed by atoms with Crippen LogP contribution in [0.1, 0.15) is 18.2 Å². The molecular formula is C21H15F3N4O4S. The van der Waals surface area contributed by atoms with Crippen molar-refractivity contribution in [1.82, 2.24) is 4.98 Å². The summed E-state index contributed by atoms with van der Waals surface area (Å²) in [6, 6.07) is 9.58. The summed E-state index contributed by atoms with van der Waals surface area (Å²) in [6.45, 7) is 1.20. The highest BCUT2D eigenvalue weighted by atomic mass is 32.1. The van der Waals surface area contributed by atoms with Crippen molar-refractivity contribution in [1.29, 1.82) is 0 Å². The minimum absolute atomic E-state index is 0.0121. The second kappa shape index (κ2) is 9.61. The highest BCUT2D eigenvalue weighted by Gasteiger charge is 2.31. The number of anilines is 3. The maximum absolute atomic E-state index is 13.0. The number of nitrogens with zero attached hydrogens (tertiary/aromatic N) is 3. The van der Waals surface area contributed by atoms with Gasteiger partial charge in [-0.3, -0.25) is 24.6 Å². The summed E-state index contributed by atoms with van der Waals surface area (Å²) in [5.41, 5.74) is -0.341. The van der Waals surface area contributed by atoms with Crippen molar-refractivity contribution in [3.05, 3.63) is 81.4 Å². The lowest BCUT2D eigenvalue weighted by molar-refractivity contribution is -0.384. The number of nitro benzene ring substituents is 1. The highest BCUT2D eigenvalue weighted by Crippen LogP contribution is 2.35. The number of rotatable bonds is 6. The number of carbonyl (C=O) groups is 2. The molecule has 0 aliphatic heterocycles. The third-order valence-electron chi connectivity index (χ3n) is 4.20. The highest BCUT2D eigenvalue weighted by molar-refractivity contribution is 7.14. The first-order valence-electron chi connectivity index (χ1n) is 9.21. The van der Waals surface area contributed by atoms with Gasteiger partial charge in [0.25, 0.3) is 5.69 Å². The monoisotopic (exact) mass is 476 g/mol. The Morgan fingerprint density at radius 3 is 2.48 bits per heavy atom. The summed E-state index contributed by atoms with van der Waals surface area (Å²) in [6.07, 6.45) is -2.03. The van der Waals surface area contributed by atoms with Crippen LogP contribution in [0.25, 0.3) is 6.08 Å². The number of nitro groups is 1. The first-order valence-corrected chi connectivity index (χ1v) is 10.1. The minimum Gasteiger partial charge on any atom is -0.323 e. The van der Waals surface area contributed by atoms with Crippen molar-refractivity contribution in [3.8, 4) is 0 Å². The van der Waals surface area contributed by atoms with Gasteiger partial charge in [-0.1, -0.05) is 6.07 Å². The number of amides is 2. The maximum atomic E-state index is 13.0. The summed E-state index contributed by atoms with van der Waals surface area (Å²) >= 11 is 1.02. The fourth-order valence-electron chi connectivity index (χ4n) is 2.72. The summed E-state index contributed by atoms with van der Waals surface area (Å²) in [5, 5.41) is 14.9. The van der Waals surface area contributed by atoms with E-state index in [-0.39, 0.29) is 16.5 Å². The average Bonchev–Trinajstić information content (AvgIpc) is 3.20. The Balaban J connectivity index is 1.74. The Bertz CT molecular complexity index is 1220. The van der Waals surface area contributed by atoms with Crippen molar-refractivity contribution in [2.75, 3.05) is 10.2 Å². The summed E-state index contributed by atoms with van der Waals surface area (Å²) < 4.78 is 39.1. The fourth-order valence-corrected chi connectivity index (χ4v) is 3.57. The Hall–Kier alpha value is -4.06. The fraction of sp³-hybridized carbons (Fsp3) is 0.0952. The predicted octanol–water partition coefficient (Wildman–Crippen LogP) is 5.41. The third kappa shape index (κ3) is 6.01. The Labute approximate surface area is 189 Å². The molecule has 0 saturated carbocycles. The minimum atomic E-state index is -4.56. The summed E-state index contributed by atoms with van der Waals surface area (Å²) in [4.78, 5) is 39.6. The molecule has 0 aliphatic carbocycles. The summed E-state index contributed by atoms with van der Waals surface area (Å²) in [5.74, 6) is -1.06. The molecule has 1 heterocycles. The van der Waals surface area contributed by atoms with Gasteiger partial charge in [-0.15, -0.1) is 11.3 Å². The van der Waals surface area contributed by atoms with Gasteiger partial charge in [0.05, 0.1) is 21.9 Å². The molecule has 0 fully saturated rings. The number of carbonyl (C=O) groups excluding carboxylic acids is 2. The second-order valence-corrected chi connectivity index (χ2v) is 7.42. The molecule has 33 heavy (non-hydrogen) atoms. The van der Waals surface area contributed by atoms with Crippen LogP contribution in [0, 0.1) is 10.1 Å². The molecule has 1 aromatic heterocycles. The number of benzene rings is 2. The van der Waals surface area contributed by atoms with Crippen molar-refractivity contribution < 1.29 is 27.7 Å². The molecule has 0 aliphatic rings. The molecular weight excluding hydrogens is 461 g/mol. The quantitative estimate of drug-likeness (QED) is 0.291. The molecule has 8 nitrogen and oxygen atoms in total. The normalized spacial score (nSPS) is 11.4. The number of halogens is 3. The Kier molecular flexibility index (Phi) is 6.87. The van der Waals surface area contributed by atoms with Crippen LogP contribution in [-0.2, 0) is 15.8 Å². The average molecular weight is 476 g/mol. The van der Waals surface area contributed by atoms with Gasteiger partial charge in [0.15, 0.2) is 5.13 Å². The predicted molar refractivity (Wildman–Crippen MR) is 117 cm³/mol. The van der Waals surface area contributed by atoms with Crippen LogP contribution in [0.4, 0.5) is 35.4 Å². The molecule has 12 heteroatoms. The van der Waals surface area contributed by atoms with E-state index in [1.165, 1.54) is 60.9 Å². The van der Waals surface area contributed by atoms with Gasteiger partial charge in [-0.25, -0.2) is 4.98 Å². The standard InChI is InChI=1S/C21H15F3N4O4S/c1-13(29)27(18-4-2-3-14(11-18)21(22,23)24)20-26-16(12-33-20)7-10-19(30)25-15-5-8-17(9-6-15)28(31)32/h2-12H,1H3,(H,25,30)/b10-7+. The van der Waals surface area contributed by atoms with E-state index in [4.69, 9.17) is 0 Å². The van der Waals surface area contributed by atoms with Gasteiger partial charge in [0.2, 0.25) is 11.8 Å². The van der Waals surface area contributed by atoms with E-state index in [2.05, 4.69) is 10.3 Å². The number of nitrogens with one attached hydrogen (secondary N) is 1. The molecule has 0 saturated heterocycles. The van der Waals surface area contributed by atoms with E-state index < -0.39 is 28.5 Å². The van der Waals surface area contributed by atoms with Gasteiger partial charge < -0.3 is 5.32 Å². The number of aromatic nitrogens is 1. The molecule has 0 spiro atoms. The molecule has 170 valence electrons. The van der Waals surface area contributed by atoms with E-state index in [0.29, 0.717) is 11.4 Å². The zero-order valence-corrected chi connectivity index (χ0v) is 17.7. The van der Waals surface area contributed by atoms with Crippen LogP contribution < -0.4 is 10.2 Å². The van der Waals surface area contributed by atoms with Gasteiger partial charge in [0.1, 0.15) is 0 Å². The second-order valence-electron chi connectivity index (χ2n) is 6.58. The van der Waals surface area contributed by atoms with Crippen molar-refractivity contribution in [3.63, 3.8) is 0 Å². The van der Waals surface area contributed by atoms with E-state index in [9.17, 15) is 32.9 Å². The lowest BCUT2D eigenvalue weighted by atomic mass is 10.2. The topological polar surface area (TPSA) is 105 Å². The molecule has 3 aromatic rings. The largest absolute Gasteiger partial charge is 0.416 e. The molecule has 0 atom stereocenters. The van der Waals surface area contributed by atoms with Crippen LogP contribution in [0.5, 0.6) is 0 Å². The molecule has 1 N–H and O–H groups in total. The van der Waals surface area contributed by atoms with E-state index in [0.717, 1.165) is 28.4 Å². The summed E-state index contributed by atoms with van der Waals surface area (Å²) in [7, 11) is 0. The number of thiazole rings is 1. The zero-order valence-electron chi connectivity index (χ0n) is 16.9. The molecule has 0 bridgehead atoms. The van der Waals surface area contributed by atoms with Gasteiger partial charge >= 0.3 is 6.18 Å². The van der Waals surface area contributed by atoms with Crippen LogP contribution in [-0.4, -0.2) is 21.7 Å². The van der Waals surface area contributed by atoms with Crippen molar-refractivity contribution in [2.24, 2.45) is 0 Å². The molecule has 3 rings (SSSR count). The Morgan fingerprint density at radius 2 is 1.88 bits per heavy atom. The third-order valence-corrected chi connectivity index (χ3v) is 5.04. The van der Waals surface area contributed by atoms with Gasteiger partial charge in [0, 0.05) is 36.2 Å². The van der Waals surface area contributed by atoms with Crippen molar-refractivity contribution >= 4 is 51.4 Å². The van der Waals surface area contributed by atoms with Gasteiger partial charge in [-0.2, -0.15) is 13.2 Å². The number of hydrogen-bond donors (Lipinski definition) is 1. The van der Waals surface area contributed by atoms with E-state index >= 15 is 0 Å². The molecule has 0 unspecified atom stereocenters. The zero-order chi connectivity index (χ0) is 24.2. The van der Waals surface area contributed by atoms with Crippen LogP contribution in [0.15, 0.2) is 60.0 Å². The SMILES string of the molecule is CC(=O)N(c1cccc(C(F)(F)F)c1)c1nc(/C=C/C(=O)Nc2ccc([N+](=O)[O-])cc2)cs1.